The van der Waals surface area contributed by atoms with Crippen LogP contribution in [0.25, 0.3) is 0 Å². The fourth-order valence-corrected chi connectivity index (χ4v) is 3.42. The summed E-state index contributed by atoms with van der Waals surface area (Å²) in [5.74, 6) is -0.114. The quantitative estimate of drug-likeness (QED) is 0.925. The first kappa shape index (κ1) is 14.8. The Bertz CT molecular complexity index is 491. The van der Waals surface area contributed by atoms with Crippen molar-refractivity contribution in [2.24, 2.45) is 0 Å². The van der Waals surface area contributed by atoms with Crippen molar-refractivity contribution >= 4 is 0 Å². The van der Waals surface area contributed by atoms with Crippen molar-refractivity contribution in [1.82, 2.24) is 9.80 Å². The van der Waals surface area contributed by atoms with E-state index in [1.165, 1.54) is 18.2 Å². The fraction of sp³-hybridized carbons (Fsp3) is 0.625. The molecule has 2 heterocycles. The molecular weight excluding hydrogens is 271 g/mol. The predicted octanol–water partition coefficient (Wildman–Crippen LogP) is 2.00. The van der Waals surface area contributed by atoms with Crippen molar-refractivity contribution < 1.29 is 14.2 Å². The van der Waals surface area contributed by atoms with Crippen LogP contribution in [-0.4, -0.2) is 60.3 Å². The molecule has 1 aromatic rings. The molecule has 0 bridgehead atoms. The molecule has 0 amide bonds. The number of halogens is 1. The maximum Gasteiger partial charge on any atom is 0.123 e. The van der Waals surface area contributed by atoms with Crippen LogP contribution in [0, 0.1) is 5.82 Å². The first-order valence-electron chi connectivity index (χ1n) is 7.69. The van der Waals surface area contributed by atoms with Gasteiger partial charge in [-0.25, -0.2) is 4.39 Å². The van der Waals surface area contributed by atoms with Crippen LogP contribution in [0.1, 0.15) is 24.9 Å². The van der Waals surface area contributed by atoms with Crippen molar-refractivity contribution in [3.63, 3.8) is 0 Å². The Hall–Kier alpha value is -1.17. The molecule has 2 saturated heterocycles. The van der Waals surface area contributed by atoms with Crippen molar-refractivity contribution in [3.8, 4) is 5.75 Å². The Kier molecular flexibility index (Phi) is 4.42. The number of hydrogen-bond acceptors (Lipinski definition) is 4. The molecule has 21 heavy (non-hydrogen) atoms. The van der Waals surface area contributed by atoms with E-state index in [9.17, 15) is 9.50 Å². The molecule has 0 saturated carbocycles. The van der Waals surface area contributed by atoms with E-state index in [1.807, 2.05) is 6.92 Å². The van der Waals surface area contributed by atoms with Crippen LogP contribution in [0.3, 0.4) is 0 Å². The number of phenols is 1. The molecule has 0 spiro atoms. The smallest absolute Gasteiger partial charge is 0.123 e. The normalized spacial score (nSPS) is 26.1. The lowest BCUT2D eigenvalue weighted by Gasteiger charge is -2.33. The van der Waals surface area contributed by atoms with Gasteiger partial charge in [0.1, 0.15) is 11.6 Å². The summed E-state index contributed by atoms with van der Waals surface area (Å²) >= 11 is 0. The predicted molar refractivity (Wildman–Crippen MR) is 78.8 cm³/mol. The monoisotopic (exact) mass is 294 g/mol. The van der Waals surface area contributed by atoms with E-state index in [-0.39, 0.29) is 17.6 Å². The zero-order valence-corrected chi connectivity index (χ0v) is 12.5. The largest absolute Gasteiger partial charge is 0.508 e. The van der Waals surface area contributed by atoms with Crippen molar-refractivity contribution in [2.75, 3.05) is 39.4 Å². The minimum Gasteiger partial charge on any atom is -0.508 e. The number of phenolic OH excluding ortho intramolecular Hbond substituents is 1. The number of benzene rings is 1. The summed E-state index contributed by atoms with van der Waals surface area (Å²) in [4.78, 5) is 4.82. The van der Waals surface area contributed by atoms with Crippen LogP contribution >= 0.6 is 0 Å². The minimum absolute atomic E-state index is 0.0340. The fourth-order valence-electron chi connectivity index (χ4n) is 3.42. The summed E-state index contributed by atoms with van der Waals surface area (Å²) in [5, 5.41) is 9.96. The summed E-state index contributed by atoms with van der Waals surface area (Å²) in [6.07, 6.45) is 1.13. The maximum atomic E-state index is 13.4. The topological polar surface area (TPSA) is 35.9 Å². The van der Waals surface area contributed by atoms with Crippen LogP contribution in [0.4, 0.5) is 4.39 Å². The second-order valence-corrected chi connectivity index (χ2v) is 5.96. The summed E-state index contributed by atoms with van der Waals surface area (Å²) in [7, 11) is 0. The maximum absolute atomic E-state index is 13.4. The Morgan fingerprint density at radius 3 is 2.81 bits per heavy atom. The average molecular weight is 294 g/mol. The average Bonchev–Trinajstić information content (AvgIpc) is 3.00. The van der Waals surface area contributed by atoms with E-state index in [4.69, 9.17) is 4.74 Å². The molecule has 2 unspecified atom stereocenters. The minimum atomic E-state index is -0.293. The number of ether oxygens (including phenoxy) is 1. The lowest BCUT2D eigenvalue weighted by atomic mass is 10.1. The molecule has 4 nitrogen and oxygen atoms in total. The van der Waals surface area contributed by atoms with Gasteiger partial charge < -0.3 is 9.84 Å². The third-order valence-corrected chi connectivity index (χ3v) is 4.74. The highest BCUT2D eigenvalue weighted by molar-refractivity contribution is 5.35. The van der Waals surface area contributed by atoms with Gasteiger partial charge in [-0.15, -0.1) is 0 Å². The van der Waals surface area contributed by atoms with Gasteiger partial charge >= 0.3 is 0 Å². The van der Waals surface area contributed by atoms with Crippen LogP contribution < -0.4 is 0 Å². The second kappa shape index (κ2) is 6.30. The third-order valence-electron chi connectivity index (χ3n) is 4.74. The Labute approximate surface area is 125 Å². The van der Waals surface area contributed by atoms with Gasteiger partial charge in [0, 0.05) is 43.8 Å². The molecule has 2 aliphatic heterocycles. The molecule has 3 rings (SSSR count). The van der Waals surface area contributed by atoms with E-state index in [1.54, 1.807) is 0 Å². The highest BCUT2D eigenvalue weighted by atomic mass is 19.1. The number of aromatic hydroxyl groups is 1. The third kappa shape index (κ3) is 3.20. The van der Waals surface area contributed by atoms with Gasteiger partial charge in [-0.1, -0.05) is 0 Å². The first-order valence-corrected chi connectivity index (χ1v) is 7.69. The van der Waals surface area contributed by atoms with Gasteiger partial charge in [0.15, 0.2) is 0 Å². The zero-order valence-electron chi connectivity index (χ0n) is 12.5. The van der Waals surface area contributed by atoms with Gasteiger partial charge in [-0.05, 0) is 31.5 Å². The van der Waals surface area contributed by atoms with E-state index < -0.39 is 0 Å². The van der Waals surface area contributed by atoms with Crippen molar-refractivity contribution in [3.05, 3.63) is 29.6 Å². The molecule has 1 aromatic carbocycles. The lowest BCUT2D eigenvalue weighted by molar-refractivity contribution is 0.0177. The number of rotatable bonds is 3. The highest BCUT2D eigenvalue weighted by Crippen LogP contribution is 2.32. The van der Waals surface area contributed by atoms with E-state index in [2.05, 4.69) is 9.80 Å². The zero-order chi connectivity index (χ0) is 14.8. The standard InChI is InChI=1S/C16H23FN2O2/c1-12(15-10-13(17)2-3-16(15)20)19-5-4-14(11-19)18-6-8-21-9-7-18/h2-3,10,12,14,20H,4-9,11H2,1H3. The molecule has 116 valence electrons. The summed E-state index contributed by atoms with van der Waals surface area (Å²) in [5.41, 5.74) is 0.678. The number of morpholine rings is 1. The lowest BCUT2D eigenvalue weighted by Crippen LogP contribution is -2.44. The Morgan fingerprint density at radius 2 is 2.05 bits per heavy atom. The number of nitrogens with zero attached hydrogens (tertiary/aromatic N) is 2. The number of likely N-dealkylation sites (tertiary alicyclic amines) is 1. The van der Waals surface area contributed by atoms with Crippen molar-refractivity contribution in [2.45, 2.75) is 25.4 Å². The van der Waals surface area contributed by atoms with Crippen LogP contribution in [0.15, 0.2) is 18.2 Å². The van der Waals surface area contributed by atoms with E-state index >= 15 is 0 Å². The van der Waals surface area contributed by atoms with Crippen LogP contribution in [0.2, 0.25) is 0 Å². The summed E-state index contributed by atoms with van der Waals surface area (Å²) in [6.45, 7) is 7.62. The Morgan fingerprint density at radius 1 is 1.29 bits per heavy atom. The van der Waals surface area contributed by atoms with Crippen molar-refractivity contribution in [1.29, 1.82) is 0 Å². The number of hydrogen-bond donors (Lipinski definition) is 1. The summed E-state index contributed by atoms with van der Waals surface area (Å²) in [6, 6.07) is 4.77. The van der Waals surface area contributed by atoms with Gasteiger partial charge in [0.25, 0.3) is 0 Å². The molecule has 2 fully saturated rings. The first-order chi connectivity index (χ1) is 10.1. The molecule has 2 atom stereocenters. The summed E-state index contributed by atoms with van der Waals surface area (Å²) < 4.78 is 18.8. The second-order valence-electron chi connectivity index (χ2n) is 5.96. The van der Waals surface area contributed by atoms with E-state index in [0.717, 1.165) is 45.8 Å². The van der Waals surface area contributed by atoms with Gasteiger partial charge in [-0.3, -0.25) is 9.80 Å². The van der Waals surface area contributed by atoms with E-state index in [0.29, 0.717) is 11.6 Å². The molecule has 0 aliphatic carbocycles. The Balaban J connectivity index is 1.66. The molecule has 0 radical (unpaired) electrons. The van der Waals surface area contributed by atoms with Gasteiger partial charge in [0.05, 0.1) is 13.2 Å². The highest BCUT2D eigenvalue weighted by Gasteiger charge is 2.32. The molecule has 2 aliphatic rings. The van der Waals surface area contributed by atoms with Gasteiger partial charge in [-0.2, -0.15) is 0 Å². The SMILES string of the molecule is CC(c1cc(F)ccc1O)N1CCC(N2CCOCC2)C1. The van der Waals surface area contributed by atoms with Crippen LogP contribution in [-0.2, 0) is 4.74 Å². The molecule has 5 heteroatoms. The van der Waals surface area contributed by atoms with Gasteiger partial charge in [0.2, 0.25) is 0 Å². The molecule has 0 aromatic heterocycles. The molecular formula is C16H23FN2O2. The molecule has 1 N–H and O–H groups in total. The van der Waals surface area contributed by atoms with Crippen LogP contribution in [0.5, 0.6) is 5.75 Å².